The van der Waals surface area contributed by atoms with Crippen LogP contribution in [0.2, 0.25) is 0 Å². The van der Waals surface area contributed by atoms with E-state index in [9.17, 15) is 19.8 Å². The van der Waals surface area contributed by atoms with Crippen LogP contribution in [0.4, 0.5) is 0 Å². The standard InChI is InChI=1S/C23H38O7S/c1-4-9-22(27)30-20-16-19(25)18(12-11-17(24)13-14-29-5-2)23(20)31-15-8-6-7-10-21(26)28-3/h11-12,17-19,24-25H,4-10,13-16H2,1-3H3/b12-11+/t17-,18+,19-/m1/s1. The van der Waals surface area contributed by atoms with Crippen molar-refractivity contribution in [2.45, 2.75) is 77.4 Å². The average molecular weight is 459 g/mol. The van der Waals surface area contributed by atoms with E-state index in [1.54, 1.807) is 17.8 Å². The van der Waals surface area contributed by atoms with Crippen molar-refractivity contribution in [2.24, 2.45) is 5.92 Å². The number of aliphatic hydroxyl groups excluding tert-OH is 2. The van der Waals surface area contributed by atoms with Gasteiger partial charge in [-0.1, -0.05) is 25.5 Å². The molecule has 3 atom stereocenters. The van der Waals surface area contributed by atoms with Crippen molar-refractivity contribution in [1.29, 1.82) is 0 Å². The van der Waals surface area contributed by atoms with Crippen LogP contribution in [0.1, 0.15) is 65.2 Å². The molecule has 1 rings (SSSR count). The Kier molecular flexibility index (Phi) is 14.6. The summed E-state index contributed by atoms with van der Waals surface area (Å²) in [6, 6.07) is 0. The summed E-state index contributed by atoms with van der Waals surface area (Å²) in [4.78, 5) is 24.1. The van der Waals surface area contributed by atoms with E-state index in [4.69, 9.17) is 9.47 Å². The van der Waals surface area contributed by atoms with Gasteiger partial charge in [-0.05, 0) is 31.9 Å². The van der Waals surface area contributed by atoms with Crippen LogP contribution in [0.5, 0.6) is 0 Å². The van der Waals surface area contributed by atoms with Crippen molar-refractivity contribution in [2.75, 3.05) is 26.1 Å². The molecule has 7 nitrogen and oxygen atoms in total. The zero-order valence-corrected chi connectivity index (χ0v) is 19.8. The fourth-order valence-corrected chi connectivity index (χ4v) is 4.46. The molecule has 31 heavy (non-hydrogen) atoms. The first-order valence-electron chi connectivity index (χ1n) is 11.2. The highest BCUT2D eigenvalue weighted by Gasteiger charge is 2.34. The predicted octanol–water partition coefficient (Wildman–Crippen LogP) is 3.73. The number of methoxy groups -OCH3 is 1. The van der Waals surface area contributed by atoms with Crippen LogP contribution in [0.15, 0.2) is 22.8 Å². The number of rotatable bonds is 16. The average Bonchev–Trinajstić information content (AvgIpc) is 3.02. The maximum absolute atomic E-state index is 12.0. The summed E-state index contributed by atoms with van der Waals surface area (Å²) in [6.45, 7) is 4.89. The van der Waals surface area contributed by atoms with E-state index >= 15 is 0 Å². The lowest BCUT2D eigenvalue weighted by atomic mass is 10.0. The number of carbonyl (C=O) groups excluding carboxylic acids is 2. The first-order chi connectivity index (χ1) is 14.9. The molecule has 0 unspecified atom stereocenters. The maximum atomic E-state index is 12.0. The molecule has 8 heteroatoms. The van der Waals surface area contributed by atoms with Crippen molar-refractivity contribution in [3.05, 3.63) is 22.8 Å². The lowest BCUT2D eigenvalue weighted by Gasteiger charge is -2.15. The van der Waals surface area contributed by atoms with E-state index in [0.717, 1.165) is 29.9 Å². The third-order valence-electron chi connectivity index (χ3n) is 4.89. The van der Waals surface area contributed by atoms with Gasteiger partial charge in [0, 0.05) is 49.7 Å². The summed E-state index contributed by atoms with van der Waals surface area (Å²) in [5.74, 6) is 0.514. The molecule has 0 amide bonds. The highest BCUT2D eigenvalue weighted by molar-refractivity contribution is 8.03. The number of hydrogen-bond acceptors (Lipinski definition) is 8. The lowest BCUT2D eigenvalue weighted by Crippen LogP contribution is -2.15. The molecule has 0 radical (unpaired) electrons. The van der Waals surface area contributed by atoms with Crippen molar-refractivity contribution in [1.82, 2.24) is 0 Å². The van der Waals surface area contributed by atoms with Gasteiger partial charge in [0.15, 0.2) is 0 Å². The van der Waals surface area contributed by atoms with Gasteiger partial charge in [0.25, 0.3) is 0 Å². The summed E-state index contributed by atoms with van der Waals surface area (Å²) < 4.78 is 15.5. The normalized spacial score (nSPS) is 19.8. The van der Waals surface area contributed by atoms with Gasteiger partial charge >= 0.3 is 11.9 Å². The largest absolute Gasteiger partial charge is 0.469 e. The van der Waals surface area contributed by atoms with Crippen LogP contribution in [-0.4, -0.2) is 60.4 Å². The zero-order chi connectivity index (χ0) is 23.1. The van der Waals surface area contributed by atoms with Gasteiger partial charge < -0.3 is 24.4 Å². The van der Waals surface area contributed by atoms with Gasteiger partial charge in [-0.3, -0.25) is 9.59 Å². The fraction of sp³-hybridized carbons (Fsp3) is 0.739. The molecule has 2 N–H and O–H groups in total. The Morgan fingerprint density at radius 3 is 2.65 bits per heavy atom. The monoisotopic (exact) mass is 458 g/mol. The van der Waals surface area contributed by atoms with E-state index in [0.29, 0.717) is 44.7 Å². The third-order valence-corrected chi connectivity index (χ3v) is 6.19. The quantitative estimate of drug-likeness (QED) is 0.205. The molecule has 1 aliphatic carbocycles. The van der Waals surface area contributed by atoms with Crippen LogP contribution in [0.3, 0.4) is 0 Å². The van der Waals surface area contributed by atoms with Crippen LogP contribution in [0, 0.1) is 5.92 Å². The topological polar surface area (TPSA) is 102 Å². The molecule has 0 aromatic rings. The molecule has 0 saturated carbocycles. The first kappa shape index (κ1) is 27.7. The van der Waals surface area contributed by atoms with Crippen molar-refractivity contribution in [3.63, 3.8) is 0 Å². The SMILES string of the molecule is CCCC(=O)OC1=C(SCCCCCC(=O)OC)[C@@H](/C=C/[C@@H](O)CCOCC)[C@H](O)C1. The summed E-state index contributed by atoms with van der Waals surface area (Å²) in [5, 5.41) is 20.7. The Labute approximate surface area is 190 Å². The second-order valence-electron chi connectivity index (χ2n) is 7.48. The van der Waals surface area contributed by atoms with Crippen molar-refractivity contribution < 1.29 is 34.0 Å². The van der Waals surface area contributed by atoms with Gasteiger partial charge in [0.05, 0.1) is 19.3 Å². The molecule has 0 aromatic carbocycles. The van der Waals surface area contributed by atoms with Gasteiger partial charge in [-0.2, -0.15) is 0 Å². The first-order valence-corrected chi connectivity index (χ1v) is 12.2. The molecule has 0 bridgehead atoms. The second-order valence-corrected chi connectivity index (χ2v) is 8.62. The Bertz CT molecular complexity index is 603. The smallest absolute Gasteiger partial charge is 0.310 e. The van der Waals surface area contributed by atoms with E-state index in [1.807, 2.05) is 19.9 Å². The molecule has 0 aliphatic heterocycles. The Balaban J connectivity index is 2.72. The number of ether oxygens (including phenoxy) is 3. The Morgan fingerprint density at radius 2 is 1.97 bits per heavy atom. The highest BCUT2D eigenvalue weighted by Crippen LogP contribution is 2.41. The lowest BCUT2D eigenvalue weighted by molar-refractivity contribution is -0.141. The van der Waals surface area contributed by atoms with Crippen molar-refractivity contribution in [3.8, 4) is 0 Å². The highest BCUT2D eigenvalue weighted by atomic mass is 32.2. The number of carbonyl (C=O) groups is 2. The number of thioether (sulfide) groups is 1. The summed E-state index contributed by atoms with van der Waals surface area (Å²) in [6.07, 6.45) is 6.90. The van der Waals surface area contributed by atoms with E-state index in [2.05, 4.69) is 4.74 Å². The van der Waals surface area contributed by atoms with Crippen molar-refractivity contribution >= 4 is 23.7 Å². The minimum absolute atomic E-state index is 0.201. The van der Waals surface area contributed by atoms with Crippen LogP contribution >= 0.6 is 11.8 Å². The van der Waals surface area contributed by atoms with Gasteiger partial charge in [0.1, 0.15) is 5.76 Å². The van der Waals surface area contributed by atoms with Gasteiger partial charge in [0.2, 0.25) is 0 Å². The molecular weight excluding hydrogens is 420 g/mol. The number of hydrogen-bond donors (Lipinski definition) is 2. The molecular formula is C23H38O7S. The van der Waals surface area contributed by atoms with Gasteiger partial charge in [-0.25, -0.2) is 0 Å². The van der Waals surface area contributed by atoms with E-state index < -0.39 is 12.2 Å². The van der Waals surface area contributed by atoms with E-state index in [1.165, 1.54) is 7.11 Å². The summed E-state index contributed by atoms with van der Waals surface area (Å²) in [5.41, 5.74) is 0. The van der Waals surface area contributed by atoms with Crippen LogP contribution < -0.4 is 0 Å². The molecule has 178 valence electrons. The number of aliphatic hydroxyl groups is 2. The molecule has 1 aliphatic rings. The maximum Gasteiger partial charge on any atom is 0.310 e. The second kappa shape index (κ2) is 16.3. The summed E-state index contributed by atoms with van der Waals surface area (Å²) in [7, 11) is 1.39. The Hall–Kier alpha value is -1.35. The zero-order valence-electron chi connectivity index (χ0n) is 19.0. The van der Waals surface area contributed by atoms with Crippen LogP contribution in [0.25, 0.3) is 0 Å². The van der Waals surface area contributed by atoms with Crippen LogP contribution in [-0.2, 0) is 23.8 Å². The Morgan fingerprint density at radius 1 is 1.19 bits per heavy atom. The minimum Gasteiger partial charge on any atom is -0.469 e. The predicted molar refractivity (Wildman–Crippen MR) is 121 cm³/mol. The minimum atomic E-state index is -0.693. The molecule has 0 saturated heterocycles. The number of esters is 2. The molecule has 0 spiro atoms. The fourth-order valence-electron chi connectivity index (χ4n) is 3.18. The molecule has 0 aromatic heterocycles. The molecule has 0 heterocycles. The van der Waals surface area contributed by atoms with E-state index in [-0.39, 0.29) is 24.3 Å². The van der Waals surface area contributed by atoms with Gasteiger partial charge in [-0.15, -0.1) is 11.8 Å². The third kappa shape index (κ3) is 11.2. The molecule has 0 fully saturated rings. The summed E-state index contributed by atoms with van der Waals surface area (Å²) >= 11 is 1.57. The number of unbranched alkanes of at least 4 members (excludes halogenated alkanes) is 2.